The summed E-state index contributed by atoms with van der Waals surface area (Å²) in [4.78, 5) is 16.3. The Morgan fingerprint density at radius 2 is 1.90 bits per heavy atom. The number of hydrogen-bond acceptors (Lipinski definition) is 3. The molecule has 1 aromatic carbocycles. The molecule has 1 N–H and O–H groups in total. The Balaban J connectivity index is 1.97. The lowest BCUT2D eigenvalue weighted by Gasteiger charge is -2.12. The molecule has 5 heteroatoms. The maximum atomic E-state index is 12.1. The first-order valence-corrected chi connectivity index (χ1v) is 8.35. The number of benzene rings is 1. The fraction of sp³-hybridized carbons (Fsp3) is 0.250. The summed E-state index contributed by atoms with van der Waals surface area (Å²) in [6.07, 6.45) is 1.73. The number of aryl methyl sites for hydroxylation is 3. The average molecular weight is 365 g/mol. The molecule has 110 valence electrons. The Hall–Kier alpha value is -1.33. The van der Waals surface area contributed by atoms with E-state index in [2.05, 4.69) is 45.3 Å². The maximum absolute atomic E-state index is 12.1. The number of halogens is 1. The molecule has 0 saturated carbocycles. The van der Waals surface area contributed by atoms with Crippen molar-refractivity contribution in [2.45, 2.75) is 25.8 Å². The van der Waals surface area contributed by atoms with Gasteiger partial charge in [0, 0.05) is 16.4 Å². The molecule has 3 nitrogen and oxygen atoms in total. The molecule has 0 saturated heterocycles. The second kappa shape index (κ2) is 7.09. The molecular formula is C16H17BrN2OS. The van der Waals surface area contributed by atoms with Gasteiger partial charge in [0.2, 0.25) is 5.91 Å². The molecule has 1 aromatic heterocycles. The summed E-state index contributed by atoms with van der Waals surface area (Å²) in [5, 5.41) is 3.83. The number of carbonyl (C=O) groups excluding carboxylic acids is 1. The van der Waals surface area contributed by atoms with Crippen LogP contribution in [0.15, 0.2) is 40.0 Å². The normalized spacial score (nSPS) is 10.5. The molecule has 21 heavy (non-hydrogen) atoms. The van der Waals surface area contributed by atoms with Gasteiger partial charge in [0.25, 0.3) is 0 Å². The van der Waals surface area contributed by atoms with Crippen molar-refractivity contribution >= 4 is 39.3 Å². The van der Waals surface area contributed by atoms with Crippen LogP contribution in [-0.4, -0.2) is 16.6 Å². The van der Waals surface area contributed by atoms with E-state index in [1.807, 2.05) is 26.0 Å². The van der Waals surface area contributed by atoms with Crippen molar-refractivity contribution in [2.24, 2.45) is 0 Å². The number of thioether (sulfide) groups is 1. The number of nitrogens with one attached hydrogen (secondary N) is 1. The highest BCUT2D eigenvalue weighted by Gasteiger charge is 2.09. The molecule has 0 radical (unpaired) electrons. The first-order valence-electron chi connectivity index (χ1n) is 6.58. The van der Waals surface area contributed by atoms with Crippen molar-refractivity contribution in [3.63, 3.8) is 0 Å². The monoisotopic (exact) mass is 364 g/mol. The van der Waals surface area contributed by atoms with Gasteiger partial charge in [-0.2, -0.15) is 0 Å². The minimum atomic E-state index is -0.0141. The largest absolute Gasteiger partial charge is 0.325 e. The van der Waals surface area contributed by atoms with E-state index in [0.29, 0.717) is 5.75 Å². The van der Waals surface area contributed by atoms with E-state index in [4.69, 9.17) is 0 Å². The zero-order valence-corrected chi connectivity index (χ0v) is 14.6. The van der Waals surface area contributed by atoms with Gasteiger partial charge in [-0.15, -0.1) is 0 Å². The van der Waals surface area contributed by atoms with E-state index in [1.54, 1.807) is 6.20 Å². The van der Waals surface area contributed by atoms with Crippen LogP contribution in [-0.2, 0) is 4.79 Å². The van der Waals surface area contributed by atoms with Crippen LogP contribution in [0.5, 0.6) is 0 Å². The number of hydrogen-bond donors (Lipinski definition) is 1. The third-order valence-electron chi connectivity index (χ3n) is 2.99. The second-order valence-electron chi connectivity index (χ2n) is 4.93. The quantitative estimate of drug-likeness (QED) is 0.812. The van der Waals surface area contributed by atoms with Crippen molar-refractivity contribution in [3.8, 4) is 0 Å². The Bertz CT molecular complexity index is 633. The Morgan fingerprint density at radius 1 is 1.24 bits per heavy atom. The van der Waals surface area contributed by atoms with Gasteiger partial charge in [0.1, 0.15) is 0 Å². The fourth-order valence-corrected chi connectivity index (χ4v) is 3.02. The molecule has 0 bridgehead atoms. The van der Waals surface area contributed by atoms with Gasteiger partial charge in [0.15, 0.2) is 0 Å². The molecule has 0 atom stereocenters. The van der Waals surface area contributed by atoms with Gasteiger partial charge in [-0.1, -0.05) is 29.5 Å². The van der Waals surface area contributed by atoms with Crippen molar-refractivity contribution in [2.75, 3.05) is 11.1 Å². The van der Waals surface area contributed by atoms with Crippen molar-refractivity contribution < 1.29 is 4.79 Å². The summed E-state index contributed by atoms with van der Waals surface area (Å²) in [6, 6.07) is 7.96. The molecule has 0 unspecified atom stereocenters. The number of aromatic nitrogens is 1. The molecular weight excluding hydrogens is 348 g/mol. The van der Waals surface area contributed by atoms with Gasteiger partial charge in [0.05, 0.1) is 10.8 Å². The Labute approximate surface area is 137 Å². The molecule has 0 aliphatic carbocycles. The van der Waals surface area contributed by atoms with Crippen molar-refractivity contribution in [3.05, 3.63) is 51.6 Å². The van der Waals surface area contributed by atoms with Gasteiger partial charge in [-0.05, 0) is 60.0 Å². The van der Waals surface area contributed by atoms with Gasteiger partial charge >= 0.3 is 0 Å². The molecule has 1 amide bonds. The number of nitrogens with zero attached hydrogens (tertiary/aromatic N) is 1. The zero-order valence-electron chi connectivity index (χ0n) is 12.2. The van der Waals surface area contributed by atoms with E-state index in [9.17, 15) is 4.79 Å². The number of rotatable bonds is 4. The third kappa shape index (κ3) is 4.58. The first kappa shape index (κ1) is 16.0. The number of pyridine rings is 1. The van der Waals surface area contributed by atoms with Crippen LogP contribution < -0.4 is 5.32 Å². The van der Waals surface area contributed by atoms with Crippen molar-refractivity contribution in [1.29, 1.82) is 0 Å². The van der Waals surface area contributed by atoms with Crippen molar-refractivity contribution in [1.82, 2.24) is 4.98 Å². The minimum Gasteiger partial charge on any atom is -0.325 e. The van der Waals surface area contributed by atoms with Crippen LogP contribution in [0.2, 0.25) is 0 Å². The first-order chi connectivity index (χ1) is 9.95. The van der Waals surface area contributed by atoms with Crippen LogP contribution in [0, 0.1) is 20.8 Å². The number of amides is 1. The van der Waals surface area contributed by atoms with E-state index >= 15 is 0 Å². The number of carbonyl (C=O) groups is 1. The summed E-state index contributed by atoms with van der Waals surface area (Å²) in [7, 11) is 0. The van der Waals surface area contributed by atoms with Gasteiger partial charge < -0.3 is 5.32 Å². The van der Waals surface area contributed by atoms with Gasteiger partial charge in [-0.3, -0.25) is 4.79 Å². The van der Waals surface area contributed by atoms with Crippen LogP contribution in [0.4, 0.5) is 5.69 Å². The van der Waals surface area contributed by atoms with Gasteiger partial charge in [-0.25, -0.2) is 4.98 Å². The van der Waals surface area contributed by atoms with E-state index in [0.717, 1.165) is 26.3 Å². The van der Waals surface area contributed by atoms with Crippen LogP contribution in [0.3, 0.4) is 0 Å². The summed E-state index contributed by atoms with van der Waals surface area (Å²) in [6.45, 7) is 6.08. The summed E-state index contributed by atoms with van der Waals surface area (Å²) >= 11 is 4.77. The topological polar surface area (TPSA) is 42.0 Å². The van der Waals surface area contributed by atoms with Crippen LogP contribution >= 0.6 is 27.7 Å². The SMILES string of the molecule is Cc1cc(C)c(NC(=O)CSc2ccc(Br)cn2)c(C)c1. The second-order valence-corrected chi connectivity index (χ2v) is 6.84. The minimum absolute atomic E-state index is 0.0141. The molecule has 0 aliphatic heterocycles. The van der Waals surface area contributed by atoms with Crippen LogP contribution in [0.1, 0.15) is 16.7 Å². The van der Waals surface area contributed by atoms with E-state index in [1.165, 1.54) is 17.3 Å². The lowest BCUT2D eigenvalue weighted by atomic mass is 10.1. The molecule has 0 fully saturated rings. The molecule has 2 aromatic rings. The lowest BCUT2D eigenvalue weighted by Crippen LogP contribution is -2.16. The van der Waals surface area contributed by atoms with Crippen LogP contribution in [0.25, 0.3) is 0 Å². The number of anilines is 1. The molecule has 0 aliphatic rings. The highest BCUT2D eigenvalue weighted by molar-refractivity contribution is 9.10. The predicted molar refractivity (Wildman–Crippen MR) is 91.9 cm³/mol. The predicted octanol–water partition coefficient (Wildman–Crippen LogP) is 4.50. The Morgan fingerprint density at radius 3 is 2.48 bits per heavy atom. The lowest BCUT2D eigenvalue weighted by molar-refractivity contribution is -0.113. The summed E-state index contributed by atoms with van der Waals surface area (Å²) in [5.74, 6) is 0.334. The molecule has 2 rings (SSSR count). The van der Waals surface area contributed by atoms with E-state index in [-0.39, 0.29) is 5.91 Å². The molecule has 1 heterocycles. The Kier molecular flexibility index (Phi) is 5.42. The third-order valence-corrected chi connectivity index (χ3v) is 4.41. The highest BCUT2D eigenvalue weighted by atomic mass is 79.9. The zero-order chi connectivity index (χ0) is 15.4. The summed E-state index contributed by atoms with van der Waals surface area (Å²) < 4.78 is 0.933. The molecule has 0 spiro atoms. The highest BCUT2D eigenvalue weighted by Crippen LogP contribution is 2.23. The summed E-state index contributed by atoms with van der Waals surface area (Å²) in [5.41, 5.74) is 4.30. The standard InChI is InChI=1S/C16H17BrN2OS/c1-10-6-11(2)16(12(3)7-10)19-14(20)9-21-15-5-4-13(17)8-18-15/h4-8H,9H2,1-3H3,(H,19,20). The average Bonchev–Trinajstić information content (AvgIpc) is 2.42. The smallest absolute Gasteiger partial charge is 0.234 e. The maximum Gasteiger partial charge on any atom is 0.234 e. The van der Waals surface area contributed by atoms with E-state index < -0.39 is 0 Å². The fourth-order valence-electron chi connectivity index (χ4n) is 2.14.